The first kappa shape index (κ1) is 29.5. The molecule has 16 heteroatoms. The number of ether oxygens (including phenoxy) is 5. The van der Waals surface area contributed by atoms with E-state index in [-0.39, 0.29) is 0 Å². The summed E-state index contributed by atoms with van der Waals surface area (Å²) < 4.78 is 27.7. The van der Waals surface area contributed by atoms with Crippen LogP contribution in [0.1, 0.15) is 13.8 Å². The van der Waals surface area contributed by atoms with Gasteiger partial charge in [-0.15, -0.1) is 0 Å². The van der Waals surface area contributed by atoms with Crippen LogP contribution in [0.4, 0.5) is 0 Å². The minimum Gasteiger partial charge on any atom is -0.394 e. The molecule has 0 aliphatic carbocycles. The summed E-state index contributed by atoms with van der Waals surface area (Å²) in [5.74, 6) is -0.640. The van der Waals surface area contributed by atoms with Crippen molar-refractivity contribution in [1.29, 1.82) is 0 Å². The molecule has 3 rings (SSSR count). The Morgan fingerprint density at radius 3 is 1.81 bits per heavy atom. The van der Waals surface area contributed by atoms with Gasteiger partial charge in [0.15, 0.2) is 18.9 Å². The van der Waals surface area contributed by atoms with Crippen molar-refractivity contribution in [1.82, 2.24) is 5.32 Å². The van der Waals surface area contributed by atoms with Crippen molar-refractivity contribution in [2.75, 3.05) is 13.2 Å². The quantitative estimate of drug-likeness (QED) is 0.147. The highest BCUT2D eigenvalue weighted by molar-refractivity contribution is 5.73. The number of nitrogens with one attached hydrogen (secondary N) is 1. The van der Waals surface area contributed by atoms with Gasteiger partial charge in [0.25, 0.3) is 0 Å². The highest BCUT2D eigenvalue weighted by Gasteiger charge is 2.54. The van der Waals surface area contributed by atoms with Crippen molar-refractivity contribution in [2.45, 2.75) is 106 Å². The third kappa shape index (κ3) is 5.97. The second-order valence-corrected chi connectivity index (χ2v) is 9.05. The van der Waals surface area contributed by atoms with E-state index < -0.39 is 111 Å². The number of amides is 1. The molecule has 3 saturated heterocycles. The molecule has 36 heavy (non-hydrogen) atoms. The van der Waals surface area contributed by atoms with Crippen LogP contribution < -0.4 is 5.32 Å². The first-order chi connectivity index (χ1) is 16.9. The first-order valence-corrected chi connectivity index (χ1v) is 11.4. The maximum Gasteiger partial charge on any atom is 0.217 e. The van der Waals surface area contributed by atoms with Crippen LogP contribution in [-0.2, 0) is 28.5 Å². The molecule has 16 nitrogen and oxygen atoms in total. The lowest BCUT2D eigenvalue weighted by atomic mass is 9.94. The van der Waals surface area contributed by atoms with Gasteiger partial charge in [-0.2, -0.15) is 0 Å². The standard InChI is InChI=1S/C20H35NO15/c1-5-10(25)12(27)14(29)19(32-5)36-17-9(21-6(2)24)18(31)33-8(4-23)16(17)35-20-15(30)13(28)11(26)7(3-22)34-20/h5,7-20,22-23,25-31H,3-4H2,1-2H3,(H,21,24)/t5?,7?,8?,9?,10-,11?,12?,13?,14+,15?,16?,17-,18-,19?,20+/m1/s1. The molecule has 0 saturated carbocycles. The van der Waals surface area contributed by atoms with E-state index in [0.29, 0.717) is 0 Å². The first-order valence-electron chi connectivity index (χ1n) is 11.4. The zero-order valence-electron chi connectivity index (χ0n) is 19.5. The zero-order valence-corrected chi connectivity index (χ0v) is 19.5. The zero-order chi connectivity index (χ0) is 26.9. The highest BCUT2D eigenvalue weighted by Crippen LogP contribution is 2.32. The lowest BCUT2D eigenvalue weighted by molar-refractivity contribution is -0.370. The van der Waals surface area contributed by atoms with Gasteiger partial charge in [-0.1, -0.05) is 0 Å². The van der Waals surface area contributed by atoms with Gasteiger partial charge in [-0.05, 0) is 6.92 Å². The van der Waals surface area contributed by atoms with Crippen LogP contribution in [0.3, 0.4) is 0 Å². The lowest BCUT2D eigenvalue weighted by Crippen LogP contribution is -2.69. The fourth-order valence-electron chi connectivity index (χ4n) is 4.40. The number of carbonyl (C=O) groups excluding carboxylic acids is 1. The highest BCUT2D eigenvalue weighted by atomic mass is 16.7. The number of carbonyl (C=O) groups is 1. The fraction of sp³-hybridized carbons (Fsp3) is 0.950. The number of aliphatic hydroxyl groups is 9. The van der Waals surface area contributed by atoms with E-state index in [1.807, 2.05) is 0 Å². The minimum absolute atomic E-state index is 0.640. The Hall–Kier alpha value is -1.09. The molecule has 210 valence electrons. The normalized spacial score (nSPS) is 50.0. The van der Waals surface area contributed by atoms with Crippen molar-refractivity contribution in [3.63, 3.8) is 0 Å². The second-order valence-electron chi connectivity index (χ2n) is 9.05. The molecular formula is C20H35NO15. The van der Waals surface area contributed by atoms with E-state index in [1.54, 1.807) is 0 Å². The van der Waals surface area contributed by atoms with Gasteiger partial charge in [-0.3, -0.25) is 4.79 Å². The molecule has 10 N–H and O–H groups in total. The SMILES string of the molecule is CC(=O)NC1[C@@H](OC2OC(C)[C@@H](O)C(O)[C@@H]2O)C(O[C@@H]2OC(CO)C(O)C(O)C2O)C(CO)O[C@H]1O. The number of hydrogen-bond donors (Lipinski definition) is 10. The summed E-state index contributed by atoms with van der Waals surface area (Å²) in [6, 6.07) is -1.41. The third-order valence-electron chi connectivity index (χ3n) is 6.45. The summed E-state index contributed by atoms with van der Waals surface area (Å²) in [6.45, 7) is 1.00. The summed E-state index contributed by atoms with van der Waals surface area (Å²) in [4.78, 5) is 11.8. The largest absolute Gasteiger partial charge is 0.394 e. The molecule has 0 aromatic heterocycles. The van der Waals surface area contributed by atoms with Crippen molar-refractivity contribution in [3.8, 4) is 0 Å². The van der Waals surface area contributed by atoms with Crippen LogP contribution in [0.25, 0.3) is 0 Å². The molecule has 0 aromatic rings. The monoisotopic (exact) mass is 529 g/mol. The lowest BCUT2D eigenvalue weighted by Gasteiger charge is -2.49. The van der Waals surface area contributed by atoms with Gasteiger partial charge in [-0.25, -0.2) is 0 Å². The van der Waals surface area contributed by atoms with Crippen molar-refractivity contribution < 1.29 is 74.4 Å². The predicted molar refractivity (Wildman–Crippen MR) is 111 cm³/mol. The van der Waals surface area contributed by atoms with E-state index in [0.717, 1.165) is 6.92 Å². The molecule has 3 aliphatic rings. The Labute approximate surface area is 205 Å². The minimum atomic E-state index is -1.85. The van der Waals surface area contributed by atoms with Crippen LogP contribution >= 0.6 is 0 Å². The van der Waals surface area contributed by atoms with Gasteiger partial charge in [0, 0.05) is 6.92 Å². The summed E-state index contributed by atoms with van der Waals surface area (Å²) in [6.07, 6.45) is -22.0. The fourth-order valence-corrected chi connectivity index (χ4v) is 4.40. The average Bonchev–Trinajstić information content (AvgIpc) is 2.84. The molecule has 0 aromatic carbocycles. The molecule has 0 radical (unpaired) electrons. The molecule has 3 heterocycles. The number of hydrogen-bond acceptors (Lipinski definition) is 15. The van der Waals surface area contributed by atoms with Gasteiger partial charge >= 0.3 is 0 Å². The van der Waals surface area contributed by atoms with Crippen LogP contribution in [0.2, 0.25) is 0 Å². The Balaban J connectivity index is 1.92. The van der Waals surface area contributed by atoms with Crippen molar-refractivity contribution in [2.24, 2.45) is 0 Å². The van der Waals surface area contributed by atoms with Crippen LogP contribution in [0.5, 0.6) is 0 Å². The molecule has 0 bridgehead atoms. The summed E-state index contributed by atoms with van der Waals surface area (Å²) in [7, 11) is 0. The number of aliphatic hydroxyl groups excluding tert-OH is 9. The maximum absolute atomic E-state index is 11.8. The summed E-state index contributed by atoms with van der Waals surface area (Å²) >= 11 is 0. The molecule has 0 spiro atoms. The predicted octanol–water partition coefficient (Wildman–Crippen LogP) is -6.40. The van der Waals surface area contributed by atoms with Gasteiger partial charge in [0.05, 0.1) is 19.3 Å². The maximum atomic E-state index is 11.8. The van der Waals surface area contributed by atoms with E-state index in [1.165, 1.54) is 6.92 Å². The average molecular weight is 529 g/mol. The van der Waals surface area contributed by atoms with E-state index in [9.17, 15) is 50.8 Å². The topological polar surface area (TPSA) is 257 Å². The van der Waals surface area contributed by atoms with E-state index in [2.05, 4.69) is 5.32 Å². The molecule has 15 atom stereocenters. The van der Waals surface area contributed by atoms with Crippen LogP contribution in [0, 0.1) is 0 Å². The van der Waals surface area contributed by atoms with Gasteiger partial charge in [0.1, 0.15) is 67.1 Å². The third-order valence-corrected chi connectivity index (χ3v) is 6.45. The molecule has 3 fully saturated rings. The van der Waals surface area contributed by atoms with Crippen LogP contribution in [-0.4, -0.2) is 157 Å². The van der Waals surface area contributed by atoms with E-state index in [4.69, 9.17) is 23.7 Å². The van der Waals surface area contributed by atoms with E-state index >= 15 is 0 Å². The van der Waals surface area contributed by atoms with Crippen molar-refractivity contribution >= 4 is 5.91 Å². The molecule has 10 unspecified atom stereocenters. The summed E-state index contributed by atoms with van der Waals surface area (Å²) in [5.41, 5.74) is 0. The number of rotatable bonds is 7. The smallest absolute Gasteiger partial charge is 0.217 e. The molecule has 1 amide bonds. The molecule has 3 aliphatic heterocycles. The Morgan fingerprint density at radius 2 is 1.25 bits per heavy atom. The van der Waals surface area contributed by atoms with Crippen LogP contribution in [0.15, 0.2) is 0 Å². The van der Waals surface area contributed by atoms with Gasteiger partial charge < -0.3 is 75.0 Å². The second kappa shape index (κ2) is 12.2. The van der Waals surface area contributed by atoms with Gasteiger partial charge in [0.2, 0.25) is 5.91 Å². The Kier molecular flexibility index (Phi) is 9.97. The summed E-state index contributed by atoms with van der Waals surface area (Å²) in [5, 5.41) is 93.2. The Morgan fingerprint density at radius 1 is 0.722 bits per heavy atom. The Bertz CT molecular complexity index is 729. The van der Waals surface area contributed by atoms with Crippen molar-refractivity contribution in [3.05, 3.63) is 0 Å². The molecular weight excluding hydrogens is 494 g/mol.